The van der Waals surface area contributed by atoms with Gasteiger partial charge in [-0.25, -0.2) is 0 Å². The van der Waals surface area contributed by atoms with Crippen LogP contribution in [0.4, 0.5) is 0 Å². The topological polar surface area (TPSA) is 58.6 Å². The lowest BCUT2D eigenvalue weighted by molar-refractivity contribution is 0.0951. The Morgan fingerprint density at radius 2 is 2.11 bits per heavy atom. The molecule has 4 heteroatoms. The number of carbonyl (C=O) groups excluding carboxylic acids is 1. The van der Waals surface area contributed by atoms with Crippen LogP contribution in [0.2, 0.25) is 0 Å². The number of rotatable bonds is 3. The maximum Gasteiger partial charge on any atom is 0.251 e. The summed E-state index contributed by atoms with van der Waals surface area (Å²) in [6.07, 6.45) is 2.09. The number of benzene rings is 2. The maximum absolute atomic E-state index is 12.0. The van der Waals surface area contributed by atoms with Crippen LogP contribution in [-0.2, 0) is 0 Å². The molecule has 4 nitrogen and oxygen atoms in total. The molecule has 0 saturated heterocycles. The number of phenols is 1. The number of methoxy groups -OCH3 is 1. The molecule has 1 saturated carbocycles. The number of aromatic hydroxyl groups is 1. The lowest BCUT2D eigenvalue weighted by Crippen LogP contribution is -2.25. The summed E-state index contributed by atoms with van der Waals surface area (Å²) in [5, 5.41) is 14.4. The van der Waals surface area contributed by atoms with Crippen LogP contribution in [0.25, 0.3) is 10.8 Å². The first kappa shape index (κ1) is 11.8. The third-order valence-electron chi connectivity index (χ3n) is 3.31. The zero-order valence-electron chi connectivity index (χ0n) is 10.6. The second-order valence-corrected chi connectivity index (χ2v) is 4.83. The van der Waals surface area contributed by atoms with E-state index in [-0.39, 0.29) is 11.7 Å². The minimum atomic E-state index is -0.129. The van der Waals surface area contributed by atoms with E-state index in [1.165, 1.54) is 6.07 Å². The fraction of sp³-hybridized carbons (Fsp3) is 0.267. The minimum Gasteiger partial charge on any atom is -0.507 e. The van der Waals surface area contributed by atoms with Gasteiger partial charge < -0.3 is 15.2 Å². The van der Waals surface area contributed by atoms with Crippen LogP contribution in [0.5, 0.6) is 11.5 Å². The SMILES string of the molecule is COc1ccc2cc(C(=O)NC3CC3)cc(O)c2c1. The highest BCUT2D eigenvalue weighted by Crippen LogP contribution is 2.30. The van der Waals surface area contributed by atoms with Crippen LogP contribution in [0.1, 0.15) is 23.2 Å². The second kappa shape index (κ2) is 4.46. The molecule has 2 aromatic carbocycles. The predicted molar refractivity (Wildman–Crippen MR) is 72.7 cm³/mol. The Labute approximate surface area is 111 Å². The molecule has 0 aliphatic heterocycles. The number of nitrogens with one attached hydrogen (secondary N) is 1. The molecule has 0 aromatic heterocycles. The highest BCUT2D eigenvalue weighted by Gasteiger charge is 2.24. The number of hydrogen-bond donors (Lipinski definition) is 2. The Balaban J connectivity index is 2.01. The molecule has 0 radical (unpaired) electrons. The summed E-state index contributed by atoms with van der Waals surface area (Å²) in [6, 6.07) is 8.99. The Hall–Kier alpha value is -2.23. The van der Waals surface area contributed by atoms with Crippen LogP contribution in [0, 0.1) is 0 Å². The molecule has 3 rings (SSSR count). The van der Waals surface area contributed by atoms with Crippen molar-refractivity contribution in [1.29, 1.82) is 0 Å². The molecule has 0 spiro atoms. The van der Waals surface area contributed by atoms with Crippen LogP contribution in [0.15, 0.2) is 30.3 Å². The van der Waals surface area contributed by atoms with Crippen molar-refractivity contribution in [3.63, 3.8) is 0 Å². The van der Waals surface area contributed by atoms with Crippen LogP contribution >= 0.6 is 0 Å². The van der Waals surface area contributed by atoms with E-state index in [1.54, 1.807) is 19.2 Å². The molecule has 1 aliphatic carbocycles. The first-order valence-electron chi connectivity index (χ1n) is 6.29. The molecule has 0 unspecified atom stereocenters. The average molecular weight is 257 g/mol. The standard InChI is InChI=1S/C15H15NO3/c1-19-12-5-2-9-6-10(7-14(17)13(9)8-12)15(18)16-11-3-4-11/h2,5-8,11,17H,3-4H2,1H3,(H,16,18). The summed E-state index contributed by atoms with van der Waals surface area (Å²) in [6.45, 7) is 0. The third-order valence-corrected chi connectivity index (χ3v) is 3.31. The Morgan fingerprint density at radius 1 is 1.32 bits per heavy atom. The van der Waals surface area contributed by atoms with E-state index in [0.29, 0.717) is 22.7 Å². The average Bonchev–Trinajstić information content (AvgIpc) is 3.22. The van der Waals surface area contributed by atoms with Crippen LogP contribution in [0.3, 0.4) is 0 Å². The van der Waals surface area contributed by atoms with Crippen molar-refractivity contribution in [3.05, 3.63) is 35.9 Å². The Bertz CT molecular complexity index is 647. The zero-order chi connectivity index (χ0) is 13.4. The van der Waals surface area contributed by atoms with E-state index < -0.39 is 0 Å². The van der Waals surface area contributed by atoms with Gasteiger partial charge >= 0.3 is 0 Å². The first-order chi connectivity index (χ1) is 9.17. The molecule has 0 atom stereocenters. The smallest absolute Gasteiger partial charge is 0.251 e. The van der Waals surface area contributed by atoms with E-state index in [0.717, 1.165) is 18.2 Å². The predicted octanol–water partition coefficient (Wildman–Crippen LogP) is 2.45. The number of hydrogen-bond acceptors (Lipinski definition) is 3. The molecular formula is C15H15NO3. The fourth-order valence-corrected chi connectivity index (χ4v) is 2.07. The molecular weight excluding hydrogens is 242 g/mol. The molecule has 2 aromatic rings. The van der Waals surface area contributed by atoms with Crippen LogP contribution in [-0.4, -0.2) is 24.2 Å². The number of ether oxygens (including phenoxy) is 1. The third kappa shape index (κ3) is 2.34. The van der Waals surface area contributed by atoms with Crippen molar-refractivity contribution >= 4 is 16.7 Å². The van der Waals surface area contributed by atoms with Crippen molar-refractivity contribution in [3.8, 4) is 11.5 Å². The number of carbonyl (C=O) groups is 1. The lowest BCUT2D eigenvalue weighted by atomic mass is 10.0. The van der Waals surface area contributed by atoms with E-state index in [2.05, 4.69) is 5.32 Å². The molecule has 0 bridgehead atoms. The second-order valence-electron chi connectivity index (χ2n) is 4.83. The minimum absolute atomic E-state index is 0.0948. The van der Waals surface area contributed by atoms with Gasteiger partial charge in [-0.15, -0.1) is 0 Å². The number of fused-ring (bicyclic) bond motifs is 1. The molecule has 1 fully saturated rings. The van der Waals surface area contributed by atoms with Crippen molar-refractivity contribution in [2.45, 2.75) is 18.9 Å². The van der Waals surface area contributed by atoms with Gasteiger partial charge in [-0.2, -0.15) is 0 Å². The summed E-state index contributed by atoms with van der Waals surface area (Å²) in [5.74, 6) is 0.644. The van der Waals surface area contributed by atoms with Crippen molar-refractivity contribution in [2.75, 3.05) is 7.11 Å². The van der Waals surface area contributed by atoms with Gasteiger partial charge in [0.05, 0.1) is 7.11 Å². The van der Waals surface area contributed by atoms with E-state index >= 15 is 0 Å². The van der Waals surface area contributed by atoms with Gasteiger partial charge in [0, 0.05) is 17.0 Å². The lowest BCUT2D eigenvalue weighted by Gasteiger charge is -2.08. The van der Waals surface area contributed by atoms with Crippen LogP contribution < -0.4 is 10.1 Å². The summed E-state index contributed by atoms with van der Waals surface area (Å²) < 4.78 is 5.13. The molecule has 2 N–H and O–H groups in total. The van der Waals surface area contributed by atoms with E-state index in [4.69, 9.17) is 4.74 Å². The van der Waals surface area contributed by atoms with E-state index in [9.17, 15) is 9.90 Å². The summed E-state index contributed by atoms with van der Waals surface area (Å²) >= 11 is 0. The van der Waals surface area contributed by atoms with E-state index in [1.807, 2.05) is 12.1 Å². The summed E-state index contributed by atoms with van der Waals surface area (Å²) in [7, 11) is 1.58. The monoisotopic (exact) mass is 257 g/mol. The quantitative estimate of drug-likeness (QED) is 0.888. The van der Waals surface area contributed by atoms with Crippen molar-refractivity contribution < 1.29 is 14.6 Å². The molecule has 0 heterocycles. The molecule has 19 heavy (non-hydrogen) atoms. The van der Waals surface area contributed by atoms with Gasteiger partial charge in [-0.1, -0.05) is 6.07 Å². The largest absolute Gasteiger partial charge is 0.507 e. The van der Waals surface area contributed by atoms with Gasteiger partial charge in [0.25, 0.3) is 5.91 Å². The fourth-order valence-electron chi connectivity index (χ4n) is 2.07. The first-order valence-corrected chi connectivity index (χ1v) is 6.29. The van der Waals surface area contributed by atoms with Gasteiger partial charge in [-0.05, 0) is 42.5 Å². The highest BCUT2D eigenvalue weighted by atomic mass is 16.5. The normalized spacial score (nSPS) is 14.4. The van der Waals surface area contributed by atoms with Gasteiger partial charge in [0.15, 0.2) is 0 Å². The summed E-state index contributed by atoms with van der Waals surface area (Å²) in [5.41, 5.74) is 0.488. The number of amides is 1. The maximum atomic E-state index is 12.0. The molecule has 1 amide bonds. The van der Waals surface area contributed by atoms with Gasteiger partial charge in [0.2, 0.25) is 0 Å². The van der Waals surface area contributed by atoms with Gasteiger partial charge in [0.1, 0.15) is 11.5 Å². The van der Waals surface area contributed by atoms with Gasteiger partial charge in [-0.3, -0.25) is 4.79 Å². The summed E-state index contributed by atoms with van der Waals surface area (Å²) in [4.78, 5) is 12.0. The Kier molecular flexibility index (Phi) is 2.78. The highest BCUT2D eigenvalue weighted by molar-refractivity contribution is 6.01. The zero-order valence-corrected chi connectivity index (χ0v) is 10.6. The number of phenolic OH excluding ortho intramolecular Hbond substituents is 1. The Morgan fingerprint density at radius 3 is 2.79 bits per heavy atom. The van der Waals surface area contributed by atoms with Crippen molar-refractivity contribution in [2.24, 2.45) is 0 Å². The van der Waals surface area contributed by atoms with Crippen molar-refractivity contribution in [1.82, 2.24) is 5.32 Å². The molecule has 1 aliphatic rings. The molecule has 98 valence electrons.